The maximum Gasteiger partial charge on any atom is 0.116 e. The summed E-state index contributed by atoms with van der Waals surface area (Å²) in [5.41, 5.74) is 2.58. The second-order valence-electron chi connectivity index (χ2n) is 7.33. The van der Waals surface area contributed by atoms with Gasteiger partial charge in [-0.2, -0.15) is 0 Å². The fourth-order valence-electron chi connectivity index (χ4n) is 4.29. The van der Waals surface area contributed by atoms with E-state index in [9.17, 15) is 0 Å². The quantitative estimate of drug-likeness (QED) is 0.371. The molecule has 0 aliphatic rings. The monoisotopic (exact) mass is 392 g/mol. The van der Waals surface area contributed by atoms with E-state index in [1.165, 1.54) is 32.4 Å². The van der Waals surface area contributed by atoms with Crippen LogP contribution in [0.3, 0.4) is 0 Å². The number of hydrogen-bond donors (Lipinski definition) is 1. The SMILES string of the molecule is c1ccc([P+](Cc2c[nH]c3ccccc23)(c2ccccc2)c2ccccc2)cc1. The van der Waals surface area contributed by atoms with Crippen molar-refractivity contribution >= 4 is 34.1 Å². The zero-order valence-corrected chi connectivity index (χ0v) is 17.1. The standard InChI is InChI=1S/C27H23NP/c1-4-12-23(13-5-1)29(24-14-6-2-7-15-24,25-16-8-3-9-17-25)21-22-20-28-27-19-11-10-18-26(22)27/h1-20,28H,21H2/q+1. The van der Waals surface area contributed by atoms with Crippen LogP contribution in [-0.2, 0) is 6.16 Å². The van der Waals surface area contributed by atoms with Crippen molar-refractivity contribution in [2.45, 2.75) is 6.16 Å². The third-order valence-electron chi connectivity index (χ3n) is 5.67. The molecule has 0 saturated carbocycles. The van der Waals surface area contributed by atoms with Crippen molar-refractivity contribution in [3.05, 3.63) is 127 Å². The van der Waals surface area contributed by atoms with E-state index in [0.717, 1.165) is 6.16 Å². The van der Waals surface area contributed by atoms with Crippen LogP contribution in [0.4, 0.5) is 0 Å². The number of aromatic amines is 1. The minimum absolute atomic E-state index is 0.995. The van der Waals surface area contributed by atoms with Gasteiger partial charge in [0.1, 0.15) is 29.3 Å². The highest BCUT2D eigenvalue weighted by molar-refractivity contribution is 7.95. The maximum absolute atomic E-state index is 3.48. The van der Waals surface area contributed by atoms with Crippen molar-refractivity contribution in [3.8, 4) is 0 Å². The molecular weight excluding hydrogens is 369 g/mol. The summed E-state index contributed by atoms with van der Waals surface area (Å²) in [7, 11) is -1.87. The second-order valence-corrected chi connectivity index (χ2v) is 10.8. The molecule has 5 aromatic rings. The Kier molecular flexibility index (Phi) is 4.76. The van der Waals surface area contributed by atoms with Crippen LogP contribution in [0.5, 0.6) is 0 Å². The fourth-order valence-corrected chi connectivity index (χ4v) is 8.54. The Morgan fingerprint density at radius 1 is 0.517 bits per heavy atom. The van der Waals surface area contributed by atoms with Crippen LogP contribution < -0.4 is 15.9 Å². The number of H-pyrrole nitrogens is 1. The molecule has 140 valence electrons. The van der Waals surface area contributed by atoms with Gasteiger partial charge in [-0.1, -0.05) is 72.8 Å². The molecule has 1 heterocycles. The van der Waals surface area contributed by atoms with E-state index in [1.807, 2.05) is 0 Å². The molecule has 0 aliphatic carbocycles. The molecule has 0 atom stereocenters. The van der Waals surface area contributed by atoms with Crippen LogP contribution in [0, 0.1) is 0 Å². The van der Waals surface area contributed by atoms with Gasteiger partial charge in [0.25, 0.3) is 0 Å². The van der Waals surface area contributed by atoms with E-state index in [2.05, 4.69) is 126 Å². The summed E-state index contributed by atoms with van der Waals surface area (Å²) in [6.45, 7) is 0. The van der Waals surface area contributed by atoms with Crippen LogP contribution in [-0.4, -0.2) is 4.98 Å². The maximum atomic E-state index is 3.48. The minimum Gasteiger partial charge on any atom is -0.361 e. The molecule has 4 aromatic carbocycles. The van der Waals surface area contributed by atoms with Crippen molar-refractivity contribution in [1.29, 1.82) is 0 Å². The highest BCUT2D eigenvalue weighted by Crippen LogP contribution is 2.58. The second kappa shape index (κ2) is 7.70. The molecule has 0 fully saturated rings. The molecule has 0 aliphatic heterocycles. The Balaban J connectivity index is 1.80. The van der Waals surface area contributed by atoms with E-state index in [-0.39, 0.29) is 0 Å². The molecule has 1 aromatic heterocycles. The number of hydrogen-bond acceptors (Lipinski definition) is 0. The topological polar surface area (TPSA) is 15.8 Å². The average Bonchev–Trinajstić information content (AvgIpc) is 3.22. The van der Waals surface area contributed by atoms with Gasteiger partial charge in [0, 0.05) is 22.7 Å². The summed E-state index contributed by atoms with van der Waals surface area (Å²) in [5, 5.41) is 5.58. The zero-order chi connectivity index (χ0) is 19.5. The molecule has 0 radical (unpaired) electrons. The van der Waals surface area contributed by atoms with Crippen LogP contribution in [0.15, 0.2) is 121 Å². The zero-order valence-electron chi connectivity index (χ0n) is 16.2. The van der Waals surface area contributed by atoms with Gasteiger partial charge < -0.3 is 4.98 Å². The van der Waals surface area contributed by atoms with Gasteiger partial charge in [0.05, 0.1) is 0 Å². The molecule has 2 heteroatoms. The summed E-state index contributed by atoms with van der Waals surface area (Å²) in [6, 6.07) is 41.8. The first-order valence-corrected chi connectivity index (χ1v) is 12.0. The van der Waals surface area contributed by atoms with Gasteiger partial charge in [-0.05, 0) is 42.5 Å². The van der Waals surface area contributed by atoms with Crippen molar-refractivity contribution in [1.82, 2.24) is 4.98 Å². The Morgan fingerprint density at radius 3 is 1.48 bits per heavy atom. The molecule has 0 unspecified atom stereocenters. The summed E-state index contributed by atoms with van der Waals surface area (Å²) in [5.74, 6) is 0. The molecule has 0 amide bonds. The van der Waals surface area contributed by atoms with E-state index in [1.54, 1.807) is 0 Å². The molecule has 29 heavy (non-hydrogen) atoms. The predicted octanol–water partition coefficient (Wildman–Crippen LogP) is 5.66. The number of aromatic nitrogens is 1. The Bertz CT molecular complexity index is 1110. The Labute approximate surface area is 172 Å². The molecule has 0 saturated heterocycles. The Hall–Kier alpha value is -3.15. The first kappa shape index (κ1) is 17.9. The average molecular weight is 392 g/mol. The van der Waals surface area contributed by atoms with Crippen LogP contribution >= 0.6 is 7.26 Å². The van der Waals surface area contributed by atoms with Gasteiger partial charge in [-0.15, -0.1) is 0 Å². The number of nitrogens with one attached hydrogen (secondary N) is 1. The van der Waals surface area contributed by atoms with E-state index in [4.69, 9.17) is 0 Å². The summed E-state index contributed by atoms with van der Waals surface area (Å²) >= 11 is 0. The molecule has 0 spiro atoms. The number of fused-ring (bicyclic) bond motifs is 1. The lowest BCUT2D eigenvalue weighted by atomic mass is 10.2. The van der Waals surface area contributed by atoms with Gasteiger partial charge in [-0.25, -0.2) is 0 Å². The number of rotatable bonds is 5. The Morgan fingerprint density at radius 2 is 0.966 bits per heavy atom. The fraction of sp³-hybridized carbons (Fsp3) is 0.0370. The van der Waals surface area contributed by atoms with Gasteiger partial charge >= 0.3 is 0 Å². The van der Waals surface area contributed by atoms with Crippen molar-refractivity contribution in [3.63, 3.8) is 0 Å². The lowest BCUT2D eigenvalue weighted by Gasteiger charge is -2.27. The first-order valence-electron chi connectivity index (χ1n) is 9.98. The van der Waals surface area contributed by atoms with Crippen molar-refractivity contribution < 1.29 is 0 Å². The van der Waals surface area contributed by atoms with Gasteiger partial charge in [-0.3, -0.25) is 0 Å². The highest BCUT2D eigenvalue weighted by atomic mass is 31.2. The molecule has 0 bridgehead atoms. The molecule has 1 nitrogen and oxygen atoms in total. The summed E-state index contributed by atoms with van der Waals surface area (Å²) in [6.07, 6.45) is 3.20. The van der Waals surface area contributed by atoms with Crippen molar-refractivity contribution in [2.24, 2.45) is 0 Å². The first-order chi connectivity index (χ1) is 14.4. The number of para-hydroxylation sites is 1. The highest BCUT2D eigenvalue weighted by Gasteiger charge is 2.45. The van der Waals surface area contributed by atoms with E-state index in [0.29, 0.717) is 0 Å². The smallest absolute Gasteiger partial charge is 0.116 e. The summed E-state index contributed by atoms with van der Waals surface area (Å²) in [4.78, 5) is 3.48. The lowest BCUT2D eigenvalue weighted by Crippen LogP contribution is -2.32. The third kappa shape index (κ3) is 3.18. The van der Waals surface area contributed by atoms with E-state index < -0.39 is 7.26 Å². The molecular formula is C27H23NP+. The molecule has 1 N–H and O–H groups in total. The lowest BCUT2D eigenvalue weighted by molar-refractivity contribution is 1.38. The van der Waals surface area contributed by atoms with Gasteiger partial charge in [0.15, 0.2) is 0 Å². The normalized spacial score (nSPS) is 11.6. The van der Waals surface area contributed by atoms with Crippen molar-refractivity contribution in [2.75, 3.05) is 0 Å². The summed E-state index contributed by atoms with van der Waals surface area (Å²) < 4.78 is 0. The third-order valence-corrected chi connectivity index (χ3v) is 10.0. The van der Waals surface area contributed by atoms with Crippen LogP contribution in [0.1, 0.15) is 5.56 Å². The largest absolute Gasteiger partial charge is 0.361 e. The van der Waals surface area contributed by atoms with Crippen LogP contribution in [0.25, 0.3) is 10.9 Å². The minimum atomic E-state index is -1.87. The van der Waals surface area contributed by atoms with Gasteiger partial charge in [0.2, 0.25) is 0 Å². The van der Waals surface area contributed by atoms with Crippen LogP contribution in [0.2, 0.25) is 0 Å². The van der Waals surface area contributed by atoms with E-state index >= 15 is 0 Å². The predicted molar refractivity (Wildman–Crippen MR) is 127 cm³/mol. The molecule has 5 rings (SSSR count). The number of benzene rings is 4.